The van der Waals surface area contributed by atoms with Crippen molar-refractivity contribution in [1.82, 2.24) is 0 Å². The molecule has 0 spiro atoms. The van der Waals surface area contributed by atoms with Crippen LogP contribution in [0.2, 0.25) is 0 Å². The highest BCUT2D eigenvalue weighted by Gasteiger charge is 2.21. The van der Waals surface area contributed by atoms with Gasteiger partial charge in [-0.05, 0) is 92.7 Å². The van der Waals surface area contributed by atoms with Gasteiger partial charge in [0.15, 0.2) is 5.58 Å². The average molecular weight is 704 g/mol. The Morgan fingerprint density at radius 2 is 0.909 bits per heavy atom. The molecule has 3 nitrogen and oxygen atoms in total. The molecule has 0 saturated carbocycles. The minimum Gasteiger partial charge on any atom is -0.456 e. The molecule has 0 fully saturated rings. The second kappa shape index (κ2) is 12.6. The number of furan rings is 2. The van der Waals surface area contributed by atoms with E-state index in [0.717, 1.165) is 77.6 Å². The molecule has 55 heavy (non-hydrogen) atoms. The van der Waals surface area contributed by atoms with Gasteiger partial charge in [-0.3, -0.25) is 0 Å². The largest absolute Gasteiger partial charge is 0.456 e. The third-order valence-electron chi connectivity index (χ3n) is 10.9. The number of rotatable bonds is 6. The van der Waals surface area contributed by atoms with E-state index in [1.54, 1.807) is 0 Å². The monoisotopic (exact) mass is 703 g/mol. The van der Waals surface area contributed by atoms with E-state index < -0.39 is 0 Å². The topological polar surface area (TPSA) is 29.5 Å². The summed E-state index contributed by atoms with van der Waals surface area (Å²) < 4.78 is 12.9. The van der Waals surface area contributed by atoms with Crippen LogP contribution >= 0.6 is 0 Å². The Kier molecular flexibility index (Phi) is 7.17. The van der Waals surface area contributed by atoms with Crippen LogP contribution in [0.4, 0.5) is 17.1 Å². The second-order valence-electron chi connectivity index (χ2n) is 14.1. The summed E-state index contributed by atoms with van der Waals surface area (Å²) in [7, 11) is 0. The van der Waals surface area contributed by atoms with Gasteiger partial charge in [0.2, 0.25) is 0 Å². The summed E-state index contributed by atoms with van der Waals surface area (Å²) in [6.07, 6.45) is 0. The molecule has 0 aliphatic carbocycles. The molecular formula is C52H33NO2. The summed E-state index contributed by atoms with van der Waals surface area (Å²) in [5.41, 5.74) is 13.6. The number of fused-ring (bicyclic) bond motifs is 7. The second-order valence-corrected chi connectivity index (χ2v) is 14.1. The molecule has 0 saturated heterocycles. The lowest BCUT2D eigenvalue weighted by atomic mass is 9.96. The van der Waals surface area contributed by atoms with E-state index in [1.807, 2.05) is 24.3 Å². The van der Waals surface area contributed by atoms with Crippen molar-refractivity contribution in [2.45, 2.75) is 0 Å². The summed E-state index contributed by atoms with van der Waals surface area (Å²) in [5.74, 6) is 0. The molecule has 0 bridgehead atoms. The fourth-order valence-corrected chi connectivity index (χ4v) is 8.29. The maximum Gasteiger partial charge on any atom is 0.159 e. The number of benzene rings is 9. The van der Waals surface area contributed by atoms with Crippen LogP contribution < -0.4 is 4.90 Å². The number of anilines is 3. The molecular weight excluding hydrogens is 671 g/mol. The van der Waals surface area contributed by atoms with Crippen molar-refractivity contribution in [3.8, 4) is 33.4 Å². The zero-order valence-electron chi connectivity index (χ0n) is 29.8. The predicted octanol–water partition coefficient (Wildman–Crippen LogP) is 15.1. The first-order chi connectivity index (χ1) is 27.3. The molecule has 0 atom stereocenters. The number of hydrogen-bond acceptors (Lipinski definition) is 3. The van der Waals surface area contributed by atoms with Gasteiger partial charge in [0.25, 0.3) is 0 Å². The van der Waals surface area contributed by atoms with E-state index in [2.05, 4.69) is 181 Å². The Morgan fingerprint density at radius 3 is 1.75 bits per heavy atom. The van der Waals surface area contributed by atoms with Crippen molar-refractivity contribution in [2.75, 3.05) is 4.90 Å². The first kappa shape index (κ1) is 31.2. The van der Waals surface area contributed by atoms with Gasteiger partial charge in [-0.15, -0.1) is 0 Å². The third kappa shape index (κ3) is 5.20. The van der Waals surface area contributed by atoms with Crippen LogP contribution in [0.5, 0.6) is 0 Å². The van der Waals surface area contributed by atoms with Gasteiger partial charge >= 0.3 is 0 Å². The van der Waals surface area contributed by atoms with E-state index in [9.17, 15) is 0 Å². The fourth-order valence-electron chi connectivity index (χ4n) is 8.29. The van der Waals surface area contributed by atoms with Gasteiger partial charge < -0.3 is 13.7 Å². The Bertz CT molecular complexity index is 3200. The van der Waals surface area contributed by atoms with Crippen molar-refractivity contribution < 1.29 is 8.83 Å². The minimum atomic E-state index is 0.852. The lowest BCUT2D eigenvalue weighted by Crippen LogP contribution is -2.10. The lowest BCUT2D eigenvalue weighted by Gasteiger charge is -2.26. The van der Waals surface area contributed by atoms with Gasteiger partial charge in [0, 0.05) is 32.9 Å². The first-order valence-corrected chi connectivity index (χ1v) is 18.7. The maximum absolute atomic E-state index is 6.63. The van der Waals surface area contributed by atoms with Crippen LogP contribution in [0.1, 0.15) is 0 Å². The van der Waals surface area contributed by atoms with E-state index >= 15 is 0 Å². The van der Waals surface area contributed by atoms with E-state index in [-0.39, 0.29) is 0 Å². The lowest BCUT2D eigenvalue weighted by molar-refractivity contribution is 0.668. The highest BCUT2D eigenvalue weighted by molar-refractivity contribution is 6.13. The third-order valence-corrected chi connectivity index (χ3v) is 10.9. The molecule has 3 heteroatoms. The summed E-state index contributed by atoms with van der Waals surface area (Å²) in [4.78, 5) is 2.31. The smallest absolute Gasteiger partial charge is 0.159 e. The minimum absolute atomic E-state index is 0.852. The Balaban J connectivity index is 1.03. The fraction of sp³-hybridized carbons (Fsp3) is 0. The van der Waals surface area contributed by atoms with E-state index in [1.165, 1.54) is 27.5 Å². The van der Waals surface area contributed by atoms with Crippen molar-refractivity contribution in [3.05, 3.63) is 200 Å². The van der Waals surface area contributed by atoms with Crippen LogP contribution in [0.3, 0.4) is 0 Å². The highest BCUT2D eigenvalue weighted by Crippen LogP contribution is 2.44. The summed E-state index contributed by atoms with van der Waals surface area (Å²) in [6, 6.07) is 70.9. The number of nitrogens with zero attached hydrogens (tertiary/aromatic N) is 1. The van der Waals surface area contributed by atoms with Crippen LogP contribution in [0.25, 0.3) is 88.0 Å². The Morgan fingerprint density at radius 1 is 0.327 bits per heavy atom. The van der Waals surface area contributed by atoms with Crippen molar-refractivity contribution in [1.29, 1.82) is 0 Å². The van der Waals surface area contributed by atoms with E-state index in [0.29, 0.717) is 0 Å². The normalized spacial score (nSPS) is 11.6. The van der Waals surface area contributed by atoms with Gasteiger partial charge in [0.1, 0.15) is 16.7 Å². The van der Waals surface area contributed by atoms with Crippen molar-refractivity contribution >= 4 is 71.7 Å². The van der Waals surface area contributed by atoms with Gasteiger partial charge in [-0.25, -0.2) is 0 Å². The van der Waals surface area contributed by atoms with Crippen LogP contribution in [-0.2, 0) is 0 Å². The average Bonchev–Trinajstić information content (AvgIpc) is 3.83. The Labute approximate surface area is 317 Å². The summed E-state index contributed by atoms with van der Waals surface area (Å²) in [5, 5.41) is 6.95. The molecule has 0 aliphatic heterocycles. The predicted molar refractivity (Wildman–Crippen MR) is 229 cm³/mol. The SMILES string of the molecule is c1cc(-c2cccc3oc4ccccc4c23)cc(N(c2ccc(-c3ccc(-c4cccc5ccccc45)cc3)cc2)c2cccc3c2oc2ccccc23)c1. The van der Waals surface area contributed by atoms with E-state index in [4.69, 9.17) is 8.83 Å². The van der Waals surface area contributed by atoms with Gasteiger partial charge in [-0.1, -0.05) is 152 Å². The molecule has 0 aliphatic rings. The molecule has 9 aromatic carbocycles. The van der Waals surface area contributed by atoms with Gasteiger partial charge in [-0.2, -0.15) is 0 Å². The van der Waals surface area contributed by atoms with Crippen LogP contribution in [0, 0.1) is 0 Å². The standard InChI is InChI=1S/C52H33NO2/c1-2-15-41-36(11-1)12-8-18-42(41)37-27-25-34(26-28-37)35-29-31-39(32-30-35)53(47-21-9-20-45-44-16-3-5-22-48(44)55-52(45)47)40-14-7-13-38(33-40)43-19-10-24-50-51(43)46-17-4-6-23-49(46)54-50/h1-33H. The molecule has 11 rings (SSSR count). The zero-order valence-corrected chi connectivity index (χ0v) is 29.8. The molecule has 0 radical (unpaired) electrons. The quantitative estimate of drug-likeness (QED) is 0.173. The Hall–Kier alpha value is -7.36. The van der Waals surface area contributed by atoms with Gasteiger partial charge in [0.05, 0.1) is 5.69 Å². The van der Waals surface area contributed by atoms with Crippen LogP contribution in [0.15, 0.2) is 209 Å². The maximum atomic E-state index is 6.63. The number of hydrogen-bond donors (Lipinski definition) is 0. The molecule has 0 amide bonds. The van der Waals surface area contributed by atoms with Crippen molar-refractivity contribution in [2.24, 2.45) is 0 Å². The summed E-state index contributed by atoms with van der Waals surface area (Å²) in [6.45, 7) is 0. The number of para-hydroxylation sites is 3. The highest BCUT2D eigenvalue weighted by atomic mass is 16.3. The summed E-state index contributed by atoms with van der Waals surface area (Å²) >= 11 is 0. The first-order valence-electron chi connectivity index (χ1n) is 18.7. The molecule has 2 aromatic heterocycles. The molecule has 2 heterocycles. The zero-order chi connectivity index (χ0) is 36.3. The molecule has 11 aromatic rings. The van der Waals surface area contributed by atoms with Crippen LogP contribution in [-0.4, -0.2) is 0 Å². The molecule has 0 unspecified atom stereocenters. The van der Waals surface area contributed by atoms with Crippen molar-refractivity contribution in [3.63, 3.8) is 0 Å². The molecule has 0 N–H and O–H groups in total. The molecule has 258 valence electrons.